The van der Waals surface area contributed by atoms with Crippen LogP contribution in [0.2, 0.25) is 0 Å². The zero-order valence-corrected chi connectivity index (χ0v) is 25.2. The summed E-state index contributed by atoms with van der Waals surface area (Å²) in [5.41, 5.74) is 1.45. The molecule has 4 rings (SSSR count). The molecule has 2 aromatic heterocycles. The number of nitrogens with zero attached hydrogens (tertiary/aromatic N) is 2. The number of hydrogen-bond donors (Lipinski definition) is 2. The number of pyridine rings is 2. The van der Waals surface area contributed by atoms with Crippen molar-refractivity contribution < 1.29 is 34.0 Å². The van der Waals surface area contributed by atoms with Crippen LogP contribution in [0.25, 0.3) is 0 Å². The van der Waals surface area contributed by atoms with Crippen molar-refractivity contribution in [1.82, 2.24) is 9.97 Å². The van der Waals surface area contributed by atoms with E-state index in [1.807, 2.05) is 12.1 Å². The predicted octanol–water partition coefficient (Wildman–Crippen LogP) is 5.80. The van der Waals surface area contributed by atoms with E-state index in [0.29, 0.717) is 25.3 Å². The second-order valence-corrected chi connectivity index (χ2v) is 11.3. The van der Waals surface area contributed by atoms with Crippen molar-refractivity contribution in [2.24, 2.45) is 0 Å². The van der Waals surface area contributed by atoms with Gasteiger partial charge in [0.1, 0.15) is 5.92 Å². The largest absolute Gasteiger partial charge is 0.481 e. The topological polar surface area (TPSA) is 120 Å². The first kappa shape index (κ1) is 32.0. The van der Waals surface area contributed by atoms with Gasteiger partial charge in [0.25, 0.3) is 0 Å². The number of aliphatic hydroxyl groups is 1. The highest BCUT2D eigenvalue weighted by Crippen LogP contribution is 2.22. The first-order valence-corrected chi connectivity index (χ1v) is 15.1. The molecule has 0 bridgehead atoms. The average molecular weight is 674 g/mol. The minimum Gasteiger partial charge on any atom is -0.481 e. The summed E-state index contributed by atoms with van der Waals surface area (Å²) in [5, 5.41) is 18.7. The van der Waals surface area contributed by atoms with E-state index in [-0.39, 0.29) is 25.1 Å². The minimum atomic E-state index is -0.881. The smallest absolute Gasteiger partial charge is 0.312 e. The molecule has 2 aliphatic heterocycles. The molecule has 216 valence electrons. The Morgan fingerprint density at radius 1 is 0.872 bits per heavy atom. The average Bonchev–Trinajstić information content (AvgIpc) is 2.96. The second kappa shape index (κ2) is 18.1. The molecule has 11 heteroatoms. The Hall–Kier alpha value is -1.47. The van der Waals surface area contributed by atoms with Crippen LogP contribution in [-0.2, 0) is 23.7 Å². The van der Waals surface area contributed by atoms with Gasteiger partial charge in [0.05, 0.1) is 25.5 Å². The number of hydrogen-bond acceptors (Lipinski definition) is 8. The Morgan fingerprint density at radius 2 is 1.41 bits per heavy atom. The fraction of sp³-hybridized carbons (Fsp3) is 0.607. The second-order valence-electron chi connectivity index (χ2n) is 9.48. The normalized spacial score (nSPS) is 20.9. The van der Waals surface area contributed by atoms with Crippen molar-refractivity contribution >= 4 is 37.8 Å². The molecule has 0 amide bonds. The van der Waals surface area contributed by atoms with Gasteiger partial charge in [0, 0.05) is 46.2 Å². The van der Waals surface area contributed by atoms with Gasteiger partial charge in [0.15, 0.2) is 12.6 Å². The van der Waals surface area contributed by atoms with Gasteiger partial charge in [-0.25, -0.2) is 0 Å². The number of aliphatic carboxylic acids is 1. The summed E-state index contributed by atoms with van der Waals surface area (Å²) in [6, 6.07) is 7.39. The summed E-state index contributed by atoms with van der Waals surface area (Å²) >= 11 is 6.64. The van der Waals surface area contributed by atoms with Crippen molar-refractivity contribution in [3.8, 4) is 0 Å². The maximum Gasteiger partial charge on any atom is 0.312 e. The van der Waals surface area contributed by atoms with Gasteiger partial charge in [-0.05, 0) is 107 Å². The molecule has 2 aliphatic rings. The van der Waals surface area contributed by atoms with Gasteiger partial charge >= 0.3 is 5.97 Å². The number of aliphatic hydroxyl groups excluding tert-OH is 1. The molecule has 0 spiro atoms. The monoisotopic (exact) mass is 672 g/mol. The summed E-state index contributed by atoms with van der Waals surface area (Å²) in [5.74, 6) is -1.50. The van der Waals surface area contributed by atoms with E-state index in [4.69, 9.17) is 18.9 Å². The first-order chi connectivity index (χ1) is 19.0. The van der Waals surface area contributed by atoms with E-state index in [1.54, 1.807) is 24.5 Å². The van der Waals surface area contributed by atoms with Crippen LogP contribution in [0, 0.1) is 0 Å². The molecule has 4 heterocycles. The molecule has 0 aromatic carbocycles. The number of aromatic nitrogens is 2. The summed E-state index contributed by atoms with van der Waals surface area (Å²) in [6.07, 6.45) is 10.6. The van der Waals surface area contributed by atoms with Crippen molar-refractivity contribution in [2.75, 3.05) is 33.0 Å². The zero-order chi connectivity index (χ0) is 27.9. The molecule has 0 aliphatic carbocycles. The lowest BCUT2D eigenvalue weighted by molar-refractivity contribution is -0.165. The van der Waals surface area contributed by atoms with Crippen LogP contribution >= 0.6 is 31.9 Å². The van der Waals surface area contributed by atoms with E-state index in [0.717, 1.165) is 66.4 Å². The van der Waals surface area contributed by atoms with Gasteiger partial charge < -0.3 is 29.2 Å². The molecule has 4 unspecified atom stereocenters. The third-order valence-electron chi connectivity index (χ3n) is 6.55. The molecule has 2 aromatic rings. The van der Waals surface area contributed by atoms with Gasteiger partial charge in [0.2, 0.25) is 0 Å². The van der Waals surface area contributed by atoms with Crippen LogP contribution in [0.1, 0.15) is 74.6 Å². The molecule has 39 heavy (non-hydrogen) atoms. The summed E-state index contributed by atoms with van der Waals surface area (Å²) in [7, 11) is 0. The Labute approximate surface area is 246 Å². The van der Waals surface area contributed by atoms with E-state index < -0.39 is 11.9 Å². The lowest BCUT2D eigenvalue weighted by atomic mass is 10.0. The van der Waals surface area contributed by atoms with Crippen molar-refractivity contribution in [1.29, 1.82) is 0 Å². The third-order valence-corrected chi connectivity index (χ3v) is 7.49. The lowest BCUT2D eigenvalue weighted by Crippen LogP contribution is -2.24. The number of halogens is 2. The highest BCUT2D eigenvalue weighted by Gasteiger charge is 2.22. The molecule has 2 saturated heterocycles. The molecule has 9 nitrogen and oxygen atoms in total. The molecule has 4 atom stereocenters. The Balaban J connectivity index is 0.000000216. The Morgan fingerprint density at radius 3 is 1.85 bits per heavy atom. The predicted molar refractivity (Wildman–Crippen MR) is 152 cm³/mol. The van der Waals surface area contributed by atoms with Crippen LogP contribution in [0.3, 0.4) is 0 Å². The maximum atomic E-state index is 11.3. The SMILES string of the molecule is O=C(O)C(CCOC1CCCCO1)c1ccc(Br)cn1.OCC(CCOC1CCCCO1)c1ccc(Br)cn1. The van der Waals surface area contributed by atoms with E-state index in [1.165, 1.54) is 6.42 Å². The summed E-state index contributed by atoms with van der Waals surface area (Å²) in [6.45, 7) is 2.56. The highest BCUT2D eigenvalue weighted by atomic mass is 79.9. The van der Waals surface area contributed by atoms with Gasteiger partial charge in [-0.2, -0.15) is 0 Å². The van der Waals surface area contributed by atoms with E-state index in [9.17, 15) is 15.0 Å². The van der Waals surface area contributed by atoms with Crippen LogP contribution in [0.4, 0.5) is 0 Å². The van der Waals surface area contributed by atoms with Crippen molar-refractivity contribution in [3.63, 3.8) is 0 Å². The number of carboxylic acids is 1. The number of ether oxygens (including phenoxy) is 4. The van der Waals surface area contributed by atoms with E-state index >= 15 is 0 Å². The highest BCUT2D eigenvalue weighted by molar-refractivity contribution is 9.10. The van der Waals surface area contributed by atoms with Gasteiger partial charge in [-0.15, -0.1) is 0 Å². The molecule has 2 fully saturated rings. The quantitative estimate of drug-likeness (QED) is 0.288. The summed E-state index contributed by atoms with van der Waals surface area (Å²) < 4.78 is 24.0. The maximum absolute atomic E-state index is 11.3. The van der Waals surface area contributed by atoms with Gasteiger partial charge in [-0.1, -0.05) is 0 Å². The Bertz CT molecular complexity index is 953. The van der Waals surface area contributed by atoms with Crippen molar-refractivity contribution in [3.05, 3.63) is 57.0 Å². The fourth-order valence-corrected chi connectivity index (χ4v) is 4.77. The third kappa shape index (κ3) is 11.9. The van der Waals surface area contributed by atoms with Gasteiger partial charge in [-0.3, -0.25) is 14.8 Å². The van der Waals surface area contributed by atoms with Crippen molar-refractivity contribution in [2.45, 2.75) is 75.8 Å². The molecule has 2 N–H and O–H groups in total. The Kier molecular flexibility index (Phi) is 14.8. The summed E-state index contributed by atoms with van der Waals surface area (Å²) in [4.78, 5) is 19.8. The van der Waals surface area contributed by atoms with Crippen LogP contribution < -0.4 is 0 Å². The lowest BCUT2D eigenvalue weighted by Gasteiger charge is -2.23. The van der Waals surface area contributed by atoms with Crippen LogP contribution in [0.5, 0.6) is 0 Å². The zero-order valence-electron chi connectivity index (χ0n) is 22.1. The van der Waals surface area contributed by atoms with Crippen LogP contribution in [0.15, 0.2) is 45.6 Å². The fourth-order valence-electron chi connectivity index (χ4n) is 4.30. The molecular formula is C28H38Br2N2O7. The number of carbonyl (C=O) groups is 1. The van der Waals surface area contributed by atoms with E-state index in [2.05, 4.69) is 41.8 Å². The van der Waals surface area contributed by atoms with Crippen LogP contribution in [-0.4, -0.2) is 71.8 Å². The first-order valence-electron chi connectivity index (χ1n) is 13.5. The minimum absolute atomic E-state index is 0.0247. The standard InChI is InChI=1S/C14H18BrNO4.C14H20BrNO3/c15-10-4-5-12(16-9-10)11(14(17)18)6-8-20-13-3-1-2-7-19-13;15-12-4-5-13(16-9-12)11(10-17)6-8-19-14-3-1-2-7-18-14/h4-5,9,11,13H,1-3,6-8H2,(H,17,18);4-5,9,11,14,17H,1-3,6-8,10H2. The molecule has 0 radical (unpaired) electrons. The molecule has 0 saturated carbocycles. The number of rotatable bonds is 12. The molecular weight excluding hydrogens is 636 g/mol. The number of carboxylic acid groups (broad SMARTS) is 1.